The third kappa shape index (κ3) is 4.40. The topological polar surface area (TPSA) is 29.3 Å². The maximum absolute atomic E-state index is 6.22. The summed E-state index contributed by atoms with van der Waals surface area (Å²) in [6.07, 6.45) is 0. The summed E-state index contributed by atoms with van der Waals surface area (Å²) in [7, 11) is 0. The van der Waals surface area contributed by atoms with Crippen molar-refractivity contribution in [2.24, 2.45) is 0 Å². The van der Waals surface area contributed by atoms with Crippen molar-refractivity contribution >= 4 is 104 Å². The number of para-hydroxylation sites is 1. The summed E-state index contributed by atoms with van der Waals surface area (Å²) in [6.45, 7) is 0. The van der Waals surface area contributed by atoms with Crippen LogP contribution in [0, 0.1) is 0 Å². The van der Waals surface area contributed by atoms with Gasteiger partial charge in [0, 0.05) is 44.2 Å². The van der Waals surface area contributed by atoms with Crippen molar-refractivity contribution in [3.63, 3.8) is 0 Å². The molecule has 0 fully saturated rings. The molecule has 0 atom stereocenters. The number of furan rings is 1. The summed E-state index contributed by atoms with van der Waals surface area (Å²) in [6, 6.07) is 60.8. The molecule has 0 unspecified atom stereocenters. The molecule has 0 saturated carbocycles. The van der Waals surface area contributed by atoms with E-state index >= 15 is 0 Å². The molecule has 0 aliphatic heterocycles. The highest BCUT2D eigenvalue weighted by molar-refractivity contribution is 7.22. The number of aromatic nitrogens is 1. The van der Waals surface area contributed by atoms with E-state index in [1.807, 2.05) is 12.1 Å². The molecular formula is C47H28N2OS. The van der Waals surface area contributed by atoms with Crippen molar-refractivity contribution < 1.29 is 4.42 Å². The van der Waals surface area contributed by atoms with Gasteiger partial charge in [0.05, 0.1) is 10.2 Å². The highest BCUT2D eigenvalue weighted by atomic mass is 32.1. The lowest BCUT2D eigenvalue weighted by atomic mass is 10.0. The van der Waals surface area contributed by atoms with Crippen molar-refractivity contribution in [3.05, 3.63) is 170 Å². The van der Waals surface area contributed by atoms with Crippen LogP contribution in [0.1, 0.15) is 0 Å². The van der Waals surface area contributed by atoms with Gasteiger partial charge in [0.15, 0.2) is 0 Å². The number of hydrogen-bond acceptors (Lipinski definition) is 4. The molecule has 0 aliphatic carbocycles. The first kappa shape index (κ1) is 28.4. The molecule has 51 heavy (non-hydrogen) atoms. The molecule has 0 saturated heterocycles. The molecule has 9 aromatic carbocycles. The average Bonchev–Trinajstić information content (AvgIpc) is 3.81. The van der Waals surface area contributed by atoms with E-state index < -0.39 is 0 Å². The van der Waals surface area contributed by atoms with E-state index in [-0.39, 0.29) is 0 Å². The fourth-order valence-corrected chi connectivity index (χ4v) is 8.96. The number of benzene rings is 9. The summed E-state index contributed by atoms with van der Waals surface area (Å²) in [4.78, 5) is 7.62. The lowest BCUT2D eigenvalue weighted by Gasteiger charge is -2.26. The molecule has 238 valence electrons. The van der Waals surface area contributed by atoms with Gasteiger partial charge in [0.2, 0.25) is 0 Å². The van der Waals surface area contributed by atoms with Crippen LogP contribution in [0.2, 0.25) is 0 Å². The first-order chi connectivity index (χ1) is 25.3. The van der Waals surface area contributed by atoms with E-state index in [2.05, 4.69) is 163 Å². The molecule has 0 bridgehead atoms. The maximum Gasteiger partial charge on any atom is 0.135 e. The van der Waals surface area contributed by atoms with Gasteiger partial charge < -0.3 is 9.32 Å². The Morgan fingerprint density at radius 3 is 1.76 bits per heavy atom. The van der Waals surface area contributed by atoms with Crippen LogP contribution < -0.4 is 4.90 Å². The van der Waals surface area contributed by atoms with Gasteiger partial charge in [-0.3, -0.25) is 0 Å². The number of rotatable bonds is 4. The van der Waals surface area contributed by atoms with Crippen molar-refractivity contribution in [1.29, 1.82) is 0 Å². The van der Waals surface area contributed by atoms with Crippen LogP contribution in [0.25, 0.3) is 85.8 Å². The van der Waals surface area contributed by atoms with E-state index in [1.165, 1.54) is 47.8 Å². The monoisotopic (exact) mass is 668 g/mol. The van der Waals surface area contributed by atoms with Crippen molar-refractivity contribution in [2.75, 3.05) is 4.90 Å². The van der Waals surface area contributed by atoms with E-state index in [4.69, 9.17) is 9.40 Å². The first-order valence-corrected chi connectivity index (χ1v) is 18.0. The standard InChI is InChI=1S/C47H28N2OS/c1-2-10-35-29(9-1)17-18-30-19-24-33(27-41(30)35)49(34-25-26-44-42(28-34)38-13-7-8-16-43(38)50-44)32-22-20-31(21-23-32)47-48-45-39-14-5-3-11-36(39)37-12-4-6-15-40(37)46(45)51-47/h1-28H. The Morgan fingerprint density at radius 1 is 0.412 bits per heavy atom. The van der Waals surface area contributed by atoms with Gasteiger partial charge in [-0.15, -0.1) is 11.3 Å². The number of thiazole rings is 1. The van der Waals surface area contributed by atoms with Gasteiger partial charge in [-0.25, -0.2) is 4.98 Å². The second-order valence-electron chi connectivity index (χ2n) is 13.1. The Labute approximate surface area is 297 Å². The highest BCUT2D eigenvalue weighted by Gasteiger charge is 2.18. The zero-order valence-electron chi connectivity index (χ0n) is 27.4. The molecule has 0 amide bonds. The van der Waals surface area contributed by atoms with E-state index in [0.717, 1.165) is 55.1 Å². The minimum absolute atomic E-state index is 0.885. The van der Waals surface area contributed by atoms with Gasteiger partial charge in [0.1, 0.15) is 16.2 Å². The Bertz CT molecular complexity index is 3080. The fraction of sp³-hybridized carbons (Fsp3) is 0. The molecular weight excluding hydrogens is 641 g/mol. The zero-order chi connectivity index (χ0) is 33.5. The average molecular weight is 669 g/mol. The van der Waals surface area contributed by atoms with Gasteiger partial charge in [-0.05, 0) is 93.0 Å². The molecule has 2 aromatic heterocycles. The predicted molar refractivity (Wildman–Crippen MR) is 217 cm³/mol. The minimum Gasteiger partial charge on any atom is -0.456 e. The fourth-order valence-electron chi connectivity index (χ4n) is 7.83. The Hall–Kier alpha value is -6.49. The predicted octanol–water partition coefficient (Wildman–Crippen LogP) is 13.9. The smallest absolute Gasteiger partial charge is 0.135 e. The molecule has 0 aliphatic rings. The van der Waals surface area contributed by atoms with Crippen LogP contribution in [-0.2, 0) is 0 Å². The van der Waals surface area contributed by atoms with Crippen LogP contribution >= 0.6 is 11.3 Å². The number of fused-ring (bicyclic) bond motifs is 12. The second kappa shape index (κ2) is 11.0. The third-order valence-electron chi connectivity index (χ3n) is 10.3. The van der Waals surface area contributed by atoms with Crippen LogP contribution in [0.15, 0.2) is 174 Å². The molecule has 0 radical (unpaired) electrons. The molecule has 4 heteroatoms. The van der Waals surface area contributed by atoms with Crippen molar-refractivity contribution in [3.8, 4) is 10.6 Å². The SMILES string of the molecule is c1ccc2c(c1)ccc1ccc(N(c3ccc(-c4nc5c6ccccc6c6ccccc6c5s4)cc3)c3ccc4oc5ccccc5c4c3)cc12. The van der Waals surface area contributed by atoms with Crippen molar-refractivity contribution in [1.82, 2.24) is 4.98 Å². The molecule has 11 aromatic rings. The maximum atomic E-state index is 6.22. The van der Waals surface area contributed by atoms with Crippen LogP contribution in [-0.4, -0.2) is 4.98 Å². The molecule has 2 heterocycles. The van der Waals surface area contributed by atoms with Gasteiger partial charge >= 0.3 is 0 Å². The summed E-state index contributed by atoms with van der Waals surface area (Å²) in [5.74, 6) is 0. The van der Waals surface area contributed by atoms with E-state index in [0.29, 0.717) is 0 Å². The van der Waals surface area contributed by atoms with E-state index in [1.54, 1.807) is 11.3 Å². The van der Waals surface area contributed by atoms with E-state index in [9.17, 15) is 0 Å². The normalized spacial score (nSPS) is 11.9. The number of nitrogens with zero attached hydrogens (tertiary/aromatic N) is 2. The molecule has 0 spiro atoms. The first-order valence-electron chi connectivity index (χ1n) is 17.2. The third-order valence-corrected chi connectivity index (χ3v) is 11.4. The quantitative estimate of drug-likeness (QED) is 0.175. The highest BCUT2D eigenvalue weighted by Crippen LogP contribution is 2.43. The number of hydrogen-bond donors (Lipinski definition) is 0. The Kier molecular flexibility index (Phi) is 6.12. The summed E-state index contributed by atoms with van der Waals surface area (Å²) in [5, 5.41) is 13.1. The summed E-state index contributed by atoms with van der Waals surface area (Å²) < 4.78 is 7.45. The van der Waals surface area contributed by atoms with Crippen LogP contribution in [0.4, 0.5) is 17.1 Å². The number of anilines is 3. The zero-order valence-corrected chi connectivity index (χ0v) is 28.2. The summed E-state index contributed by atoms with van der Waals surface area (Å²) in [5.41, 5.74) is 7.19. The molecule has 3 nitrogen and oxygen atoms in total. The van der Waals surface area contributed by atoms with Crippen LogP contribution in [0.5, 0.6) is 0 Å². The largest absolute Gasteiger partial charge is 0.456 e. The van der Waals surface area contributed by atoms with Gasteiger partial charge in [-0.1, -0.05) is 109 Å². The second-order valence-corrected chi connectivity index (χ2v) is 14.1. The molecule has 11 rings (SSSR count). The Morgan fingerprint density at radius 2 is 0.961 bits per heavy atom. The Balaban J connectivity index is 1.09. The molecule has 0 N–H and O–H groups in total. The summed E-state index contributed by atoms with van der Waals surface area (Å²) >= 11 is 1.77. The van der Waals surface area contributed by atoms with Gasteiger partial charge in [-0.2, -0.15) is 0 Å². The van der Waals surface area contributed by atoms with Crippen molar-refractivity contribution in [2.45, 2.75) is 0 Å². The van der Waals surface area contributed by atoms with Crippen LogP contribution in [0.3, 0.4) is 0 Å². The minimum atomic E-state index is 0.885. The lowest BCUT2D eigenvalue weighted by Crippen LogP contribution is -2.09. The lowest BCUT2D eigenvalue weighted by molar-refractivity contribution is 0.669. The van der Waals surface area contributed by atoms with Gasteiger partial charge in [0.25, 0.3) is 0 Å².